The molecule has 5 heteroatoms. The van der Waals surface area contributed by atoms with Gasteiger partial charge in [0.25, 0.3) is 0 Å². The van der Waals surface area contributed by atoms with Crippen LogP contribution < -0.4 is 4.74 Å². The van der Waals surface area contributed by atoms with E-state index in [1.807, 2.05) is 31.2 Å². The van der Waals surface area contributed by atoms with E-state index in [0.717, 1.165) is 11.1 Å². The number of rotatable bonds is 3. The van der Waals surface area contributed by atoms with Gasteiger partial charge in [0.15, 0.2) is 11.6 Å². The molecule has 3 aliphatic rings. The second-order valence-corrected chi connectivity index (χ2v) is 11.9. The minimum atomic E-state index is -0.461. The third kappa shape index (κ3) is 4.55. The summed E-state index contributed by atoms with van der Waals surface area (Å²) in [5.41, 5.74) is 3.11. The second-order valence-electron chi connectivity index (χ2n) is 11.9. The Labute approximate surface area is 212 Å². The Morgan fingerprint density at radius 1 is 0.833 bits per heavy atom. The molecule has 0 amide bonds. The fourth-order valence-electron chi connectivity index (χ4n) is 5.67. The monoisotopic (exact) mass is 484 g/mol. The Balaban J connectivity index is 1.51. The van der Waals surface area contributed by atoms with Crippen molar-refractivity contribution in [1.82, 2.24) is 0 Å². The van der Waals surface area contributed by atoms with Crippen molar-refractivity contribution < 1.29 is 23.9 Å². The highest BCUT2D eigenvalue weighted by Crippen LogP contribution is 2.53. The van der Waals surface area contributed by atoms with Gasteiger partial charge in [-0.3, -0.25) is 9.59 Å². The van der Waals surface area contributed by atoms with Gasteiger partial charge in [-0.2, -0.15) is 0 Å². The van der Waals surface area contributed by atoms with Crippen molar-refractivity contribution >= 4 is 17.5 Å². The van der Waals surface area contributed by atoms with Crippen LogP contribution >= 0.6 is 0 Å². The summed E-state index contributed by atoms with van der Waals surface area (Å²) in [5, 5.41) is 0. The molecule has 5 nitrogen and oxygen atoms in total. The minimum Gasteiger partial charge on any atom is -0.465 e. The summed E-state index contributed by atoms with van der Waals surface area (Å²) < 4.78 is 11.9. The molecule has 2 aromatic rings. The molecule has 0 unspecified atom stereocenters. The van der Waals surface area contributed by atoms with Crippen molar-refractivity contribution in [3.8, 4) is 5.75 Å². The second kappa shape index (κ2) is 8.58. The first kappa shape index (κ1) is 24.2. The molecule has 186 valence electrons. The zero-order chi connectivity index (χ0) is 25.8. The third-order valence-electron chi connectivity index (χ3n) is 7.26. The van der Waals surface area contributed by atoms with Crippen molar-refractivity contribution in [2.45, 2.75) is 66.2 Å². The number of esters is 1. The van der Waals surface area contributed by atoms with Crippen LogP contribution in [-0.4, -0.2) is 17.5 Å². The molecule has 0 aromatic heterocycles. The fraction of sp³-hybridized carbons (Fsp3) is 0.387. The number of hydrogen-bond acceptors (Lipinski definition) is 5. The summed E-state index contributed by atoms with van der Waals surface area (Å²) in [6.07, 6.45) is 2.14. The van der Waals surface area contributed by atoms with Crippen molar-refractivity contribution in [3.05, 3.63) is 87.9 Å². The summed E-state index contributed by atoms with van der Waals surface area (Å²) in [6.45, 7) is 10.2. The van der Waals surface area contributed by atoms with Crippen LogP contribution in [0.2, 0.25) is 0 Å². The van der Waals surface area contributed by atoms with Gasteiger partial charge in [-0.25, -0.2) is 4.79 Å². The first-order valence-corrected chi connectivity index (χ1v) is 12.5. The number of aryl methyl sites for hydroxylation is 1. The normalized spacial score (nSPS) is 21.0. The van der Waals surface area contributed by atoms with Gasteiger partial charge < -0.3 is 9.47 Å². The van der Waals surface area contributed by atoms with E-state index in [-0.39, 0.29) is 22.4 Å². The van der Waals surface area contributed by atoms with E-state index in [0.29, 0.717) is 59.7 Å². The molecular weight excluding hydrogens is 452 g/mol. The summed E-state index contributed by atoms with van der Waals surface area (Å²) in [5.74, 6) is 0.976. The molecule has 0 saturated carbocycles. The smallest absolute Gasteiger partial charge is 0.343 e. The number of benzene rings is 2. The number of ether oxygens (including phenoxy) is 2. The van der Waals surface area contributed by atoms with Crippen LogP contribution in [0.15, 0.2) is 71.2 Å². The summed E-state index contributed by atoms with van der Waals surface area (Å²) in [6, 6.07) is 14.4. The highest BCUT2D eigenvalue weighted by atomic mass is 16.5. The molecule has 0 spiro atoms. The van der Waals surface area contributed by atoms with Gasteiger partial charge in [0.2, 0.25) is 0 Å². The van der Waals surface area contributed by atoms with E-state index < -0.39 is 11.9 Å². The van der Waals surface area contributed by atoms with Crippen LogP contribution in [0.25, 0.3) is 0 Å². The molecule has 0 N–H and O–H groups in total. The van der Waals surface area contributed by atoms with Gasteiger partial charge in [0, 0.05) is 42.7 Å². The number of ketones is 2. The molecular formula is C31H32O5. The van der Waals surface area contributed by atoms with Crippen LogP contribution in [0.4, 0.5) is 0 Å². The standard InChI is InChI=1S/C31H32O5/c1-18-7-6-8-20(13-18)29(34)35-21-11-9-19(10-12-21)26-27-22(32)14-30(2,3)16-24(27)36-25-17-31(4,5)15-23(33)28(25)26/h6-13,26H,14-17H2,1-5H3. The maximum absolute atomic E-state index is 13.4. The Morgan fingerprint density at radius 2 is 1.39 bits per heavy atom. The minimum absolute atomic E-state index is 0.0328. The van der Waals surface area contributed by atoms with Crippen molar-refractivity contribution in [2.75, 3.05) is 0 Å². The van der Waals surface area contributed by atoms with E-state index in [1.165, 1.54) is 0 Å². The summed E-state index contributed by atoms with van der Waals surface area (Å²) in [4.78, 5) is 39.4. The van der Waals surface area contributed by atoms with E-state index >= 15 is 0 Å². The molecule has 2 aliphatic carbocycles. The Hall–Kier alpha value is -3.47. The lowest BCUT2D eigenvalue weighted by molar-refractivity contribution is -0.120. The maximum atomic E-state index is 13.4. The van der Waals surface area contributed by atoms with E-state index in [2.05, 4.69) is 27.7 Å². The van der Waals surface area contributed by atoms with Crippen LogP contribution in [-0.2, 0) is 14.3 Å². The third-order valence-corrected chi connectivity index (χ3v) is 7.26. The number of allylic oxidation sites excluding steroid dienone is 4. The largest absolute Gasteiger partial charge is 0.465 e. The number of carbonyl (C=O) groups excluding carboxylic acids is 3. The quantitative estimate of drug-likeness (QED) is 0.362. The average molecular weight is 485 g/mol. The molecule has 0 atom stereocenters. The topological polar surface area (TPSA) is 69.7 Å². The number of Topliss-reactive ketones (excluding diaryl/α,β-unsaturated/α-hetero) is 2. The molecule has 5 rings (SSSR count). The Bertz CT molecular complexity index is 1290. The van der Waals surface area contributed by atoms with Crippen LogP contribution in [0, 0.1) is 17.8 Å². The van der Waals surface area contributed by atoms with E-state index in [9.17, 15) is 14.4 Å². The molecule has 0 saturated heterocycles. The predicted molar refractivity (Wildman–Crippen MR) is 137 cm³/mol. The summed E-state index contributed by atoms with van der Waals surface area (Å²) in [7, 11) is 0. The SMILES string of the molecule is Cc1cccc(C(=O)Oc2ccc(C3C4=C(CC(C)(C)CC4=O)OC4=C3C(=O)CC(C)(C)C4)cc2)c1. The van der Waals surface area contributed by atoms with Gasteiger partial charge in [-0.05, 0) is 47.6 Å². The lowest BCUT2D eigenvalue weighted by atomic mass is 9.65. The van der Waals surface area contributed by atoms with Gasteiger partial charge in [-0.1, -0.05) is 57.5 Å². The van der Waals surface area contributed by atoms with Crippen LogP contribution in [0.3, 0.4) is 0 Å². The lowest BCUT2D eigenvalue weighted by Crippen LogP contribution is -2.37. The highest BCUT2D eigenvalue weighted by molar-refractivity contribution is 6.06. The molecule has 0 fully saturated rings. The van der Waals surface area contributed by atoms with E-state index in [1.54, 1.807) is 24.3 Å². The van der Waals surface area contributed by atoms with Crippen molar-refractivity contribution in [2.24, 2.45) is 10.8 Å². The van der Waals surface area contributed by atoms with Gasteiger partial charge in [0.1, 0.15) is 17.3 Å². The number of hydrogen-bond donors (Lipinski definition) is 0. The molecule has 1 heterocycles. The van der Waals surface area contributed by atoms with Crippen LogP contribution in [0.1, 0.15) is 80.8 Å². The highest BCUT2D eigenvalue weighted by Gasteiger charge is 2.47. The Kier molecular flexibility index (Phi) is 5.77. The molecule has 2 aromatic carbocycles. The van der Waals surface area contributed by atoms with E-state index in [4.69, 9.17) is 9.47 Å². The molecule has 1 aliphatic heterocycles. The number of carbonyl (C=O) groups is 3. The lowest BCUT2D eigenvalue weighted by Gasteiger charge is -2.42. The fourth-order valence-corrected chi connectivity index (χ4v) is 5.67. The average Bonchev–Trinajstić information content (AvgIpc) is 2.76. The van der Waals surface area contributed by atoms with Gasteiger partial charge in [0.05, 0.1) is 5.56 Å². The first-order valence-electron chi connectivity index (χ1n) is 12.5. The molecule has 0 bridgehead atoms. The first-order chi connectivity index (χ1) is 16.9. The zero-order valence-electron chi connectivity index (χ0n) is 21.6. The van der Waals surface area contributed by atoms with Gasteiger partial charge in [-0.15, -0.1) is 0 Å². The van der Waals surface area contributed by atoms with Crippen molar-refractivity contribution in [3.63, 3.8) is 0 Å². The van der Waals surface area contributed by atoms with Crippen molar-refractivity contribution in [1.29, 1.82) is 0 Å². The Morgan fingerprint density at radius 3 is 1.92 bits per heavy atom. The zero-order valence-corrected chi connectivity index (χ0v) is 21.6. The predicted octanol–water partition coefficient (Wildman–Crippen LogP) is 6.61. The van der Waals surface area contributed by atoms with Gasteiger partial charge >= 0.3 is 5.97 Å². The maximum Gasteiger partial charge on any atom is 0.343 e. The summed E-state index contributed by atoms with van der Waals surface area (Å²) >= 11 is 0. The van der Waals surface area contributed by atoms with Crippen LogP contribution in [0.5, 0.6) is 5.75 Å². The molecule has 0 radical (unpaired) electrons. The molecule has 36 heavy (non-hydrogen) atoms.